The third kappa shape index (κ3) is 3.97. The van der Waals surface area contributed by atoms with Crippen molar-refractivity contribution < 1.29 is 9.02 Å². The van der Waals surface area contributed by atoms with Crippen molar-refractivity contribution in [2.75, 3.05) is 44.2 Å². The van der Waals surface area contributed by atoms with Crippen molar-refractivity contribution in [1.82, 2.24) is 20.1 Å². The number of anilines is 1. The van der Waals surface area contributed by atoms with Crippen molar-refractivity contribution in [3.8, 4) is 0 Å². The van der Waals surface area contributed by atoms with Crippen molar-refractivity contribution in [3.63, 3.8) is 0 Å². The summed E-state index contributed by atoms with van der Waals surface area (Å²) in [5.41, 5.74) is 3.60. The maximum absolute atomic E-state index is 14.1. The number of benzene rings is 2. The molecule has 6 nitrogen and oxygen atoms in total. The molecule has 0 spiro atoms. The Morgan fingerprint density at radius 2 is 1.79 bits per heavy atom. The summed E-state index contributed by atoms with van der Waals surface area (Å²) < 4.78 is 18.9. The fourth-order valence-corrected chi connectivity index (χ4v) is 4.69. The van der Waals surface area contributed by atoms with Gasteiger partial charge in [-0.2, -0.15) is 0 Å². The molecule has 0 amide bonds. The van der Waals surface area contributed by atoms with Crippen LogP contribution in [0.1, 0.15) is 18.4 Å². The number of nitrogens with zero attached hydrogens (tertiary/aromatic N) is 5. The van der Waals surface area contributed by atoms with E-state index in [0.717, 1.165) is 62.5 Å². The van der Waals surface area contributed by atoms with Crippen LogP contribution in [0.25, 0.3) is 11.0 Å². The lowest BCUT2D eigenvalue weighted by Crippen LogP contribution is -2.55. The first-order valence-corrected chi connectivity index (χ1v) is 10.4. The minimum Gasteiger partial charge on any atom is -0.367 e. The minimum atomic E-state index is -0.121. The average Bonchev–Trinajstić information content (AvgIpc) is 3.22. The molecule has 0 radical (unpaired) electrons. The van der Waals surface area contributed by atoms with E-state index in [0.29, 0.717) is 6.04 Å². The van der Waals surface area contributed by atoms with Gasteiger partial charge < -0.3 is 4.90 Å². The van der Waals surface area contributed by atoms with E-state index in [4.69, 9.17) is 4.63 Å². The van der Waals surface area contributed by atoms with Crippen LogP contribution in [-0.4, -0.2) is 65.4 Å². The Morgan fingerprint density at radius 1 is 0.966 bits per heavy atom. The summed E-state index contributed by atoms with van der Waals surface area (Å²) in [4.78, 5) is 7.30. The van der Waals surface area contributed by atoms with Gasteiger partial charge in [-0.3, -0.25) is 9.80 Å². The maximum atomic E-state index is 14.1. The van der Waals surface area contributed by atoms with Crippen LogP contribution in [0, 0.1) is 5.82 Å². The van der Waals surface area contributed by atoms with Crippen LogP contribution in [0.15, 0.2) is 47.1 Å². The topological polar surface area (TPSA) is 48.6 Å². The van der Waals surface area contributed by atoms with Gasteiger partial charge in [-0.1, -0.05) is 18.2 Å². The van der Waals surface area contributed by atoms with Crippen LogP contribution in [-0.2, 0) is 6.54 Å². The van der Waals surface area contributed by atoms with E-state index in [1.807, 2.05) is 18.2 Å². The molecule has 5 rings (SSSR count). The molecule has 3 aromatic rings. The molecule has 1 atom stereocenters. The smallest absolute Gasteiger partial charge is 0.146 e. The quantitative estimate of drug-likeness (QED) is 0.676. The highest BCUT2D eigenvalue weighted by molar-refractivity contribution is 5.73. The molecule has 0 saturated carbocycles. The van der Waals surface area contributed by atoms with Gasteiger partial charge in [0.15, 0.2) is 0 Å². The highest BCUT2D eigenvalue weighted by Gasteiger charge is 2.28. The van der Waals surface area contributed by atoms with E-state index in [9.17, 15) is 4.39 Å². The monoisotopic (exact) mass is 395 g/mol. The van der Waals surface area contributed by atoms with Crippen LogP contribution >= 0.6 is 0 Å². The number of rotatable bonds is 4. The van der Waals surface area contributed by atoms with Gasteiger partial charge in [-0.25, -0.2) is 9.02 Å². The van der Waals surface area contributed by atoms with E-state index in [1.54, 1.807) is 12.1 Å². The highest BCUT2D eigenvalue weighted by atomic mass is 19.1. The number of fused-ring (bicyclic) bond motifs is 1. The highest BCUT2D eigenvalue weighted by Crippen LogP contribution is 2.24. The molecule has 2 fully saturated rings. The first-order valence-electron chi connectivity index (χ1n) is 10.4. The largest absolute Gasteiger partial charge is 0.367 e. The summed E-state index contributed by atoms with van der Waals surface area (Å²) in [5.74, 6) is -0.121. The molecule has 2 saturated heterocycles. The van der Waals surface area contributed by atoms with E-state index >= 15 is 0 Å². The Kier molecular flexibility index (Phi) is 5.16. The molecule has 152 valence electrons. The molecule has 2 aliphatic heterocycles. The second-order valence-electron chi connectivity index (χ2n) is 8.09. The number of aromatic nitrogens is 2. The van der Waals surface area contributed by atoms with Crippen LogP contribution in [0.2, 0.25) is 0 Å². The van der Waals surface area contributed by atoms with Gasteiger partial charge in [0, 0.05) is 45.3 Å². The van der Waals surface area contributed by atoms with Gasteiger partial charge in [0.2, 0.25) is 0 Å². The number of piperazine rings is 1. The van der Waals surface area contributed by atoms with Crippen molar-refractivity contribution in [2.45, 2.75) is 25.4 Å². The Bertz CT molecular complexity index is 969. The molecule has 2 aromatic carbocycles. The normalized spacial score (nSPS) is 21.7. The van der Waals surface area contributed by atoms with Crippen molar-refractivity contribution in [3.05, 3.63) is 53.8 Å². The van der Waals surface area contributed by atoms with Crippen LogP contribution in [0.4, 0.5) is 10.1 Å². The second-order valence-corrected chi connectivity index (χ2v) is 8.09. The molecular weight excluding hydrogens is 369 g/mol. The van der Waals surface area contributed by atoms with Crippen LogP contribution in [0.3, 0.4) is 0 Å². The fourth-order valence-electron chi connectivity index (χ4n) is 4.69. The standard InChI is InChI=1S/C22H26FN5O/c23-19-5-1-2-6-22(19)28-12-10-27(11-13-28)18-4-3-9-26(16-18)15-17-7-8-20-21(14-17)25-29-24-20/h1-2,5-8,14,18H,3-4,9-13,15-16H2/t18-/m1/s1. The third-order valence-electron chi connectivity index (χ3n) is 6.23. The Morgan fingerprint density at radius 3 is 2.66 bits per heavy atom. The zero-order valence-electron chi connectivity index (χ0n) is 16.5. The molecule has 0 unspecified atom stereocenters. The molecule has 0 aliphatic carbocycles. The predicted octanol–water partition coefficient (Wildman–Crippen LogP) is 3.15. The van der Waals surface area contributed by atoms with Gasteiger partial charge in [0.25, 0.3) is 0 Å². The lowest BCUT2D eigenvalue weighted by Gasteiger charge is -2.44. The molecular formula is C22H26FN5O. The molecule has 2 aliphatic rings. The number of halogens is 1. The third-order valence-corrected chi connectivity index (χ3v) is 6.23. The number of hydrogen-bond donors (Lipinski definition) is 0. The lowest BCUT2D eigenvalue weighted by molar-refractivity contribution is 0.0887. The Hall–Kier alpha value is -2.51. The number of hydrogen-bond acceptors (Lipinski definition) is 6. The SMILES string of the molecule is Fc1ccccc1N1CCN([C@@H]2CCCN(Cc3ccc4nonc4c3)C2)CC1. The average molecular weight is 395 g/mol. The molecule has 1 aromatic heterocycles. The summed E-state index contributed by atoms with van der Waals surface area (Å²) in [5, 5.41) is 7.83. The van der Waals surface area contributed by atoms with E-state index in [2.05, 4.69) is 37.1 Å². The second kappa shape index (κ2) is 8.08. The first-order chi connectivity index (χ1) is 14.3. The summed E-state index contributed by atoms with van der Waals surface area (Å²) in [7, 11) is 0. The number of para-hydroxylation sites is 1. The molecule has 7 heteroatoms. The zero-order chi connectivity index (χ0) is 19.6. The van der Waals surface area contributed by atoms with Gasteiger partial charge in [-0.15, -0.1) is 0 Å². The number of likely N-dealkylation sites (tertiary alicyclic amines) is 1. The van der Waals surface area contributed by atoms with Crippen molar-refractivity contribution >= 4 is 16.7 Å². The maximum Gasteiger partial charge on any atom is 0.146 e. The van der Waals surface area contributed by atoms with Gasteiger partial charge in [-0.05, 0) is 59.5 Å². The van der Waals surface area contributed by atoms with Gasteiger partial charge in [0.05, 0.1) is 5.69 Å². The summed E-state index contributed by atoms with van der Waals surface area (Å²) >= 11 is 0. The van der Waals surface area contributed by atoms with Crippen molar-refractivity contribution in [1.29, 1.82) is 0 Å². The summed E-state index contributed by atoms with van der Waals surface area (Å²) in [6.07, 6.45) is 2.45. The van der Waals surface area contributed by atoms with Crippen LogP contribution in [0.5, 0.6) is 0 Å². The molecule has 0 bridgehead atoms. The van der Waals surface area contributed by atoms with Crippen LogP contribution < -0.4 is 4.90 Å². The van der Waals surface area contributed by atoms with E-state index < -0.39 is 0 Å². The number of piperidine rings is 1. The predicted molar refractivity (Wildman–Crippen MR) is 110 cm³/mol. The summed E-state index contributed by atoms with van der Waals surface area (Å²) in [6.45, 7) is 6.87. The van der Waals surface area contributed by atoms with Crippen molar-refractivity contribution in [2.24, 2.45) is 0 Å². The van der Waals surface area contributed by atoms with Gasteiger partial charge >= 0.3 is 0 Å². The Balaban J connectivity index is 1.18. The first kappa shape index (κ1) is 18.5. The Labute approximate surface area is 169 Å². The minimum absolute atomic E-state index is 0.121. The van der Waals surface area contributed by atoms with E-state index in [1.165, 1.54) is 18.4 Å². The summed E-state index contributed by atoms with van der Waals surface area (Å²) in [6, 6.07) is 13.8. The molecule has 29 heavy (non-hydrogen) atoms. The lowest BCUT2D eigenvalue weighted by atomic mass is 10.0. The van der Waals surface area contributed by atoms with Gasteiger partial charge in [0.1, 0.15) is 16.9 Å². The molecule has 0 N–H and O–H groups in total. The zero-order valence-corrected chi connectivity index (χ0v) is 16.5. The fraction of sp³-hybridized carbons (Fsp3) is 0.455. The molecule has 3 heterocycles. The van der Waals surface area contributed by atoms with E-state index in [-0.39, 0.29) is 5.82 Å².